The van der Waals surface area contributed by atoms with Crippen molar-refractivity contribution in [2.45, 2.75) is 50.7 Å². The van der Waals surface area contributed by atoms with Crippen molar-refractivity contribution in [1.29, 1.82) is 0 Å². The Hall–Kier alpha value is -2.46. The van der Waals surface area contributed by atoms with Crippen LogP contribution in [0.5, 0.6) is 0 Å². The number of imidazole rings is 1. The van der Waals surface area contributed by atoms with E-state index in [1.54, 1.807) is 24.1 Å². The number of carboxylic acids is 1. The lowest BCUT2D eigenvalue weighted by molar-refractivity contribution is -0.142. The van der Waals surface area contributed by atoms with Gasteiger partial charge in [0, 0.05) is 25.4 Å². The summed E-state index contributed by atoms with van der Waals surface area (Å²) in [5, 5.41) is 14.4. The minimum absolute atomic E-state index is 0.163. The highest BCUT2D eigenvalue weighted by molar-refractivity contribution is 5.91. The molecule has 0 aliphatic heterocycles. The molecule has 0 bridgehead atoms. The normalized spacial score (nSPS) is 14.3. The molecule has 1 aromatic heterocycles. The second kappa shape index (κ2) is 10.5. The second-order valence-corrected chi connectivity index (χ2v) is 6.23. The van der Waals surface area contributed by atoms with Gasteiger partial charge in [0.05, 0.1) is 12.4 Å². The summed E-state index contributed by atoms with van der Waals surface area (Å²) in [5.74, 6) is -2.21. The monoisotopic (exact) mass is 368 g/mol. The summed E-state index contributed by atoms with van der Waals surface area (Å²) in [6.07, 6.45) is 4.82. The van der Waals surface area contributed by atoms with Crippen molar-refractivity contribution < 1.29 is 19.5 Å². The molecule has 26 heavy (non-hydrogen) atoms. The van der Waals surface area contributed by atoms with Gasteiger partial charge in [-0.2, -0.15) is 0 Å². The lowest BCUT2D eigenvalue weighted by Gasteiger charge is -2.22. The zero-order valence-electron chi connectivity index (χ0n) is 15.1. The number of carboxylic acid groups (broad SMARTS) is 1. The molecule has 0 aliphatic rings. The molecule has 0 aliphatic carbocycles. The first-order valence-corrected chi connectivity index (χ1v) is 8.50. The van der Waals surface area contributed by atoms with Crippen molar-refractivity contribution in [2.75, 3.05) is 6.54 Å². The van der Waals surface area contributed by atoms with Crippen LogP contribution in [0, 0.1) is 0 Å². The molecule has 0 aromatic carbocycles. The molecule has 0 unspecified atom stereocenters. The summed E-state index contributed by atoms with van der Waals surface area (Å²) in [6, 6.07) is -2.80. The Morgan fingerprint density at radius 2 is 1.88 bits per heavy atom. The standard InChI is InChI=1S/C16H28N6O4/c1-10(18)14(23)21-13(7-11-8-19-9-22(11)2)15(24)20-12(16(25)26)5-3-4-6-17/h8-10,12-13H,3-7,17-18H2,1-2H3,(H,20,24)(H,21,23)(H,25,26)/t10-,12-,13-/m0/s1. The van der Waals surface area contributed by atoms with Crippen molar-refractivity contribution in [3.05, 3.63) is 18.2 Å². The summed E-state index contributed by atoms with van der Waals surface area (Å²) in [4.78, 5) is 39.9. The molecular weight excluding hydrogens is 340 g/mol. The van der Waals surface area contributed by atoms with E-state index in [2.05, 4.69) is 15.6 Å². The first-order chi connectivity index (χ1) is 12.3. The number of unbranched alkanes of at least 4 members (excludes halogenated alkanes) is 1. The van der Waals surface area contributed by atoms with Gasteiger partial charge >= 0.3 is 5.97 Å². The molecule has 0 radical (unpaired) electrons. The van der Waals surface area contributed by atoms with Gasteiger partial charge in [0.25, 0.3) is 0 Å². The number of aliphatic carboxylic acids is 1. The molecule has 2 amide bonds. The Bertz CT molecular complexity index is 616. The lowest BCUT2D eigenvalue weighted by atomic mass is 10.1. The second-order valence-electron chi connectivity index (χ2n) is 6.23. The highest BCUT2D eigenvalue weighted by atomic mass is 16.4. The van der Waals surface area contributed by atoms with E-state index in [0.29, 0.717) is 25.1 Å². The summed E-state index contributed by atoms with van der Waals surface area (Å²) in [5.41, 5.74) is 11.7. The van der Waals surface area contributed by atoms with Gasteiger partial charge in [-0.1, -0.05) is 0 Å². The van der Waals surface area contributed by atoms with Crippen LogP contribution in [-0.2, 0) is 27.9 Å². The van der Waals surface area contributed by atoms with Gasteiger partial charge in [-0.05, 0) is 32.7 Å². The van der Waals surface area contributed by atoms with Crippen LogP contribution < -0.4 is 22.1 Å². The van der Waals surface area contributed by atoms with E-state index >= 15 is 0 Å². The minimum atomic E-state index is -1.13. The minimum Gasteiger partial charge on any atom is -0.480 e. The van der Waals surface area contributed by atoms with E-state index in [4.69, 9.17) is 11.5 Å². The van der Waals surface area contributed by atoms with Crippen molar-refractivity contribution in [3.8, 4) is 0 Å². The van der Waals surface area contributed by atoms with Crippen LogP contribution in [-0.4, -0.2) is 57.1 Å². The average Bonchev–Trinajstić information content (AvgIpc) is 2.97. The van der Waals surface area contributed by atoms with Crippen LogP contribution in [0.15, 0.2) is 12.5 Å². The molecule has 0 saturated heterocycles. The van der Waals surface area contributed by atoms with E-state index in [0.717, 1.165) is 0 Å². The molecule has 1 heterocycles. The SMILES string of the molecule is C[C@H](N)C(=O)N[C@@H](Cc1cncn1C)C(=O)N[C@@H](CCCCN)C(=O)O. The number of nitrogens with two attached hydrogens (primary N) is 2. The fourth-order valence-electron chi connectivity index (χ4n) is 2.33. The van der Waals surface area contributed by atoms with Crippen LogP contribution in [0.4, 0.5) is 0 Å². The number of amides is 2. The van der Waals surface area contributed by atoms with Gasteiger partial charge in [0.2, 0.25) is 11.8 Å². The van der Waals surface area contributed by atoms with Crippen LogP contribution in [0.2, 0.25) is 0 Å². The molecule has 1 aromatic rings. The number of aryl methyl sites for hydroxylation is 1. The Labute approximate surface area is 152 Å². The molecule has 1 rings (SSSR count). The summed E-state index contributed by atoms with van der Waals surface area (Å²) < 4.78 is 1.72. The molecule has 10 nitrogen and oxygen atoms in total. The number of carbonyl (C=O) groups excluding carboxylic acids is 2. The highest BCUT2D eigenvalue weighted by Gasteiger charge is 2.27. The molecule has 3 atom stereocenters. The van der Waals surface area contributed by atoms with Gasteiger partial charge < -0.3 is 31.8 Å². The lowest BCUT2D eigenvalue weighted by Crippen LogP contribution is -2.54. The third-order valence-corrected chi connectivity index (χ3v) is 3.94. The first-order valence-electron chi connectivity index (χ1n) is 8.50. The third kappa shape index (κ3) is 6.81. The third-order valence-electron chi connectivity index (χ3n) is 3.94. The van der Waals surface area contributed by atoms with E-state index < -0.39 is 35.9 Å². The quantitative estimate of drug-likeness (QED) is 0.296. The van der Waals surface area contributed by atoms with Gasteiger partial charge in [-0.25, -0.2) is 9.78 Å². The van der Waals surface area contributed by atoms with Gasteiger partial charge in [-0.3, -0.25) is 9.59 Å². The molecule has 0 saturated carbocycles. The van der Waals surface area contributed by atoms with Gasteiger partial charge in [0.15, 0.2) is 0 Å². The number of hydrogen-bond acceptors (Lipinski definition) is 6. The zero-order valence-corrected chi connectivity index (χ0v) is 15.1. The van der Waals surface area contributed by atoms with Gasteiger partial charge in [0.1, 0.15) is 12.1 Å². The fourth-order valence-corrected chi connectivity index (χ4v) is 2.33. The maximum atomic E-state index is 12.6. The summed E-state index contributed by atoms with van der Waals surface area (Å²) >= 11 is 0. The maximum absolute atomic E-state index is 12.6. The molecule has 0 spiro atoms. The number of rotatable bonds is 11. The number of nitrogens with zero attached hydrogens (tertiary/aromatic N) is 2. The van der Waals surface area contributed by atoms with E-state index in [1.807, 2.05) is 0 Å². The molecule has 10 heteroatoms. The predicted molar refractivity (Wildman–Crippen MR) is 95.0 cm³/mol. The fraction of sp³-hybridized carbons (Fsp3) is 0.625. The molecule has 0 fully saturated rings. The van der Waals surface area contributed by atoms with E-state index in [1.165, 1.54) is 6.92 Å². The Balaban J connectivity index is 2.85. The largest absolute Gasteiger partial charge is 0.480 e. The van der Waals surface area contributed by atoms with E-state index in [9.17, 15) is 19.5 Å². The summed E-state index contributed by atoms with van der Waals surface area (Å²) in [7, 11) is 1.76. The molecular formula is C16H28N6O4. The predicted octanol–water partition coefficient (Wildman–Crippen LogP) is -1.51. The Morgan fingerprint density at radius 3 is 2.38 bits per heavy atom. The Kier molecular flexibility index (Phi) is 8.73. The first kappa shape index (κ1) is 21.6. The van der Waals surface area contributed by atoms with Crippen molar-refractivity contribution in [3.63, 3.8) is 0 Å². The van der Waals surface area contributed by atoms with Crippen molar-refractivity contribution in [1.82, 2.24) is 20.2 Å². The van der Waals surface area contributed by atoms with Crippen LogP contribution in [0.1, 0.15) is 31.9 Å². The zero-order chi connectivity index (χ0) is 19.7. The molecule has 7 N–H and O–H groups in total. The van der Waals surface area contributed by atoms with Crippen molar-refractivity contribution in [2.24, 2.45) is 18.5 Å². The Morgan fingerprint density at radius 1 is 1.23 bits per heavy atom. The summed E-state index contributed by atoms with van der Waals surface area (Å²) in [6.45, 7) is 1.95. The number of aromatic nitrogens is 2. The van der Waals surface area contributed by atoms with Crippen molar-refractivity contribution >= 4 is 17.8 Å². The smallest absolute Gasteiger partial charge is 0.326 e. The average molecular weight is 368 g/mol. The number of nitrogens with one attached hydrogen (secondary N) is 2. The van der Waals surface area contributed by atoms with Crippen LogP contribution >= 0.6 is 0 Å². The number of hydrogen-bond donors (Lipinski definition) is 5. The van der Waals surface area contributed by atoms with Gasteiger partial charge in [-0.15, -0.1) is 0 Å². The van der Waals surface area contributed by atoms with Crippen LogP contribution in [0.3, 0.4) is 0 Å². The highest BCUT2D eigenvalue weighted by Crippen LogP contribution is 2.06. The van der Waals surface area contributed by atoms with E-state index in [-0.39, 0.29) is 12.8 Å². The number of carbonyl (C=O) groups is 3. The van der Waals surface area contributed by atoms with Crippen LogP contribution in [0.25, 0.3) is 0 Å². The molecule has 146 valence electrons. The topological polar surface area (TPSA) is 165 Å². The maximum Gasteiger partial charge on any atom is 0.326 e.